The molecule has 0 aromatic carbocycles. The lowest BCUT2D eigenvalue weighted by atomic mass is 9.44. The Bertz CT molecular complexity index is 2210. The zero-order valence-corrected chi connectivity index (χ0v) is 63.4. The molecule has 24 unspecified atom stereocenters. The first-order chi connectivity index (χ1) is 47.0. The monoisotopic (exact) mass is 1300 g/mol. The maximum absolute atomic E-state index is 1.65. The molecule has 0 aromatic heterocycles. The van der Waals surface area contributed by atoms with Gasteiger partial charge in [0, 0.05) is 0 Å². The van der Waals surface area contributed by atoms with Crippen molar-refractivity contribution in [2.75, 3.05) is 0 Å². The number of hydrogen-bond acceptors (Lipinski definition) is 0. The quantitative estimate of drug-likeness (QED) is 0.227. The molecule has 0 nitrogen and oxygen atoms in total. The number of hydrogen-bond donors (Lipinski definition) is 0. The van der Waals surface area contributed by atoms with Gasteiger partial charge < -0.3 is 0 Å². The molecule has 0 N–H and O–H groups in total. The molecule has 0 amide bonds. The molecule has 22 rings (SSSR count). The number of fused-ring (bicyclic) bond motifs is 15. The molecular formula is C95H160. The van der Waals surface area contributed by atoms with Crippen LogP contribution in [0.2, 0.25) is 0 Å². The highest BCUT2D eigenvalue weighted by atomic mass is 14.6. The molecule has 22 aliphatic carbocycles. The Kier molecular flexibility index (Phi) is 23.8. The Morgan fingerprint density at radius 2 is 0.358 bits per heavy atom. The fourth-order valence-electron chi connectivity index (χ4n) is 33.0. The van der Waals surface area contributed by atoms with Crippen molar-refractivity contribution in [2.24, 2.45) is 158 Å². The van der Waals surface area contributed by atoms with Gasteiger partial charge in [-0.3, -0.25) is 0 Å². The molecule has 0 aromatic rings. The Balaban J connectivity index is 0.0000000893. The number of rotatable bonds is 0. The first-order valence-corrected chi connectivity index (χ1v) is 47.0. The van der Waals surface area contributed by atoms with Gasteiger partial charge in [-0.15, -0.1) is 0 Å². The maximum atomic E-state index is 1.65. The van der Waals surface area contributed by atoms with Crippen LogP contribution in [-0.4, -0.2) is 0 Å². The van der Waals surface area contributed by atoms with Crippen molar-refractivity contribution in [3.8, 4) is 0 Å². The maximum Gasteiger partial charge on any atom is -0.0297 e. The van der Waals surface area contributed by atoms with Gasteiger partial charge in [-0.1, -0.05) is 231 Å². The fraction of sp³-hybridized carbons (Fsp3) is 1.00. The van der Waals surface area contributed by atoms with E-state index in [2.05, 4.69) is 0 Å². The van der Waals surface area contributed by atoms with E-state index >= 15 is 0 Å². The lowest BCUT2D eigenvalue weighted by Crippen LogP contribution is -2.54. The molecule has 0 aliphatic heterocycles. The zero-order chi connectivity index (χ0) is 63.4. The smallest absolute Gasteiger partial charge is 0.0297 e. The summed E-state index contributed by atoms with van der Waals surface area (Å²) in [4.78, 5) is 0. The van der Waals surface area contributed by atoms with Crippen molar-refractivity contribution in [3.05, 3.63) is 0 Å². The Morgan fingerprint density at radius 1 is 0.116 bits per heavy atom. The summed E-state index contributed by atoms with van der Waals surface area (Å²) in [5.41, 5.74) is 2.66. The van der Waals surface area contributed by atoms with E-state index in [1.807, 2.05) is 0 Å². The van der Waals surface area contributed by atoms with Gasteiger partial charge in [-0.2, -0.15) is 0 Å². The van der Waals surface area contributed by atoms with E-state index in [0.29, 0.717) is 0 Å². The van der Waals surface area contributed by atoms with Crippen LogP contribution in [0.25, 0.3) is 0 Å². The lowest BCUT2D eigenvalue weighted by Gasteiger charge is -2.61. The van der Waals surface area contributed by atoms with Crippen LogP contribution in [0.3, 0.4) is 0 Å². The van der Waals surface area contributed by atoms with Gasteiger partial charge in [0.2, 0.25) is 0 Å². The van der Waals surface area contributed by atoms with Gasteiger partial charge in [0.1, 0.15) is 0 Å². The van der Waals surface area contributed by atoms with Gasteiger partial charge in [-0.25, -0.2) is 0 Å². The van der Waals surface area contributed by atoms with Crippen LogP contribution >= 0.6 is 0 Å². The third kappa shape index (κ3) is 16.1. The van der Waals surface area contributed by atoms with Crippen LogP contribution in [0.5, 0.6) is 0 Å². The van der Waals surface area contributed by atoms with E-state index in [0.717, 1.165) is 57.7 Å². The van der Waals surface area contributed by atoms with Crippen LogP contribution in [0.1, 0.15) is 437 Å². The van der Waals surface area contributed by atoms with Crippen molar-refractivity contribution in [1.82, 2.24) is 0 Å². The minimum atomic E-state index is 0.858. The average molecular weight is 1300 g/mol. The summed E-state index contributed by atoms with van der Waals surface area (Å²) in [6.07, 6.45) is 107. The summed E-state index contributed by atoms with van der Waals surface area (Å²) in [7, 11) is 0. The molecular weight excluding hydrogens is 1140 g/mol. The van der Waals surface area contributed by atoms with E-state index in [4.69, 9.17) is 0 Å². The second-order valence-corrected chi connectivity index (χ2v) is 42.0. The van der Waals surface area contributed by atoms with Crippen molar-refractivity contribution in [3.63, 3.8) is 0 Å². The molecule has 22 fully saturated rings. The highest BCUT2D eigenvalue weighted by Crippen LogP contribution is 2.66. The molecule has 24 atom stereocenters. The average Bonchev–Trinajstić information content (AvgIpc) is 1.74. The van der Waals surface area contributed by atoms with E-state index in [1.54, 1.807) is 347 Å². The first kappa shape index (κ1) is 69.4. The first-order valence-electron chi connectivity index (χ1n) is 47.0. The molecule has 3 spiro atoms. The highest BCUT2D eigenvalue weighted by Gasteiger charge is 2.57. The largest absolute Gasteiger partial charge is 0.0533 e. The lowest BCUT2D eigenvalue weighted by molar-refractivity contribution is -0.121. The summed E-state index contributed by atoms with van der Waals surface area (Å²) in [5.74, 6) is 28.2. The second kappa shape index (κ2) is 32.6. The standard InChI is InChI=1S/C20H32.C18H30.C17H28.C11H18.C11H20.C10H18.C8H14/c1-2-7-17-15(4-1)12-16-9-8-13-5-3-6-14-10-11-18(17)20(16)19(13)14;1-3-7-15-13(5-1)9-11-18-16-8-4-2-6-14(16)10-12-17(15)18;1-2-6-14-12(4-1)8-10-17-15-7-3-5-13(15)9-11-16(14)17;1-3-8-4-2-6-10(8)11-7-9(11)5-1;1-3-7-11(8-4-1)9-5-2-6-10-11;1-2-6-10(7-3-1)8-4-5-9-10;1-2-4-8(5-3-1)6-7-8/h13-20H,1-12H2;13-18H,1-12H2;12-17H,1-11H2;8-11H,1-7H2;1-10H2;1-9H2;1-7H2. The molecule has 95 heavy (non-hydrogen) atoms. The van der Waals surface area contributed by atoms with Gasteiger partial charge in [-0.05, 0) is 364 Å². The predicted octanol–water partition coefficient (Wildman–Crippen LogP) is 29.5. The predicted molar refractivity (Wildman–Crippen MR) is 405 cm³/mol. The third-order valence-electron chi connectivity index (χ3n) is 37.7. The van der Waals surface area contributed by atoms with Crippen molar-refractivity contribution in [1.29, 1.82) is 0 Å². The van der Waals surface area contributed by atoms with Crippen LogP contribution in [-0.2, 0) is 0 Å². The fourth-order valence-corrected chi connectivity index (χ4v) is 33.0. The third-order valence-corrected chi connectivity index (χ3v) is 37.7. The molecule has 0 saturated heterocycles. The van der Waals surface area contributed by atoms with Gasteiger partial charge in [0.15, 0.2) is 0 Å². The van der Waals surface area contributed by atoms with Gasteiger partial charge >= 0.3 is 0 Å². The van der Waals surface area contributed by atoms with Crippen LogP contribution in [0, 0.1) is 158 Å². The molecule has 22 saturated carbocycles. The van der Waals surface area contributed by atoms with E-state index in [9.17, 15) is 0 Å². The Hall–Kier alpha value is 0. The minimum Gasteiger partial charge on any atom is -0.0533 e. The summed E-state index contributed by atoms with van der Waals surface area (Å²) in [6, 6.07) is 0. The van der Waals surface area contributed by atoms with E-state index in [1.165, 1.54) is 190 Å². The van der Waals surface area contributed by atoms with Crippen LogP contribution < -0.4 is 0 Å². The van der Waals surface area contributed by atoms with Crippen LogP contribution in [0.4, 0.5) is 0 Å². The molecule has 0 heteroatoms. The summed E-state index contributed by atoms with van der Waals surface area (Å²) in [5, 5.41) is 0. The topological polar surface area (TPSA) is 0 Å². The minimum absolute atomic E-state index is 0.858. The van der Waals surface area contributed by atoms with Crippen molar-refractivity contribution < 1.29 is 0 Å². The van der Waals surface area contributed by atoms with Crippen molar-refractivity contribution in [2.45, 2.75) is 437 Å². The zero-order valence-electron chi connectivity index (χ0n) is 63.4. The highest BCUT2D eigenvalue weighted by molar-refractivity contribution is 5.06. The van der Waals surface area contributed by atoms with E-state index < -0.39 is 0 Å². The summed E-state index contributed by atoms with van der Waals surface area (Å²) >= 11 is 0. The van der Waals surface area contributed by atoms with Crippen LogP contribution in [0.15, 0.2) is 0 Å². The molecule has 0 radical (unpaired) electrons. The SMILES string of the molecule is C1CC2CCCC2C2CC2C1.C1CCC2(CC1)CC2.C1CCC2(CC1)CCCC2.C1CCC2(CC1)CCCCC2.C1CCC2C(C1)CC1CCC3CCCC4CCC2C1C34.C1CCC2C(C1)CCC1C3CCCC3CCC21.C1CCC2C(C1)CCC1C3CCCCC3CCC21. The Labute approximate surface area is 591 Å². The molecule has 540 valence electrons. The van der Waals surface area contributed by atoms with E-state index in [-0.39, 0.29) is 0 Å². The second-order valence-electron chi connectivity index (χ2n) is 42.0. The van der Waals surface area contributed by atoms with Gasteiger partial charge in [0.25, 0.3) is 0 Å². The molecule has 0 heterocycles. The van der Waals surface area contributed by atoms with Gasteiger partial charge in [0.05, 0.1) is 0 Å². The van der Waals surface area contributed by atoms with Crippen molar-refractivity contribution >= 4 is 0 Å². The molecule has 0 bridgehead atoms. The summed E-state index contributed by atoms with van der Waals surface area (Å²) < 4.78 is 0. The normalized spacial score (nSPS) is 47.5. The molecule has 22 aliphatic rings. The Morgan fingerprint density at radius 3 is 0.768 bits per heavy atom. The summed E-state index contributed by atoms with van der Waals surface area (Å²) in [6.45, 7) is 0.